The fourth-order valence-electron chi connectivity index (χ4n) is 2.42. The molecule has 1 aromatic carbocycles. The minimum absolute atomic E-state index is 0.222. The molecule has 0 radical (unpaired) electrons. The van der Waals surface area contributed by atoms with Crippen LogP contribution in [-0.4, -0.2) is 5.11 Å². The highest BCUT2D eigenvalue weighted by Crippen LogP contribution is 2.39. The van der Waals surface area contributed by atoms with Crippen LogP contribution in [-0.2, 0) is 6.42 Å². The number of thiophene rings is 1. The van der Waals surface area contributed by atoms with Crippen molar-refractivity contribution < 1.29 is 5.11 Å². The highest BCUT2D eigenvalue weighted by Gasteiger charge is 2.20. The summed E-state index contributed by atoms with van der Waals surface area (Å²) in [6, 6.07) is 8.50. The van der Waals surface area contributed by atoms with E-state index in [1.54, 1.807) is 11.3 Å². The third-order valence-corrected chi connectivity index (χ3v) is 4.50. The number of hydrogen-bond donors (Lipinski definition) is 1. The molecule has 1 aromatic heterocycles. The maximum Gasteiger partial charge on any atom is 0.0885 e. The lowest BCUT2D eigenvalue weighted by atomic mass is 10.1. The summed E-state index contributed by atoms with van der Waals surface area (Å²) in [4.78, 5) is 1.22. The van der Waals surface area contributed by atoms with Crippen molar-refractivity contribution in [3.8, 4) is 0 Å². The van der Waals surface area contributed by atoms with Crippen molar-refractivity contribution in [1.29, 1.82) is 0 Å². The lowest BCUT2D eigenvalue weighted by Crippen LogP contribution is -1.93. The summed E-state index contributed by atoms with van der Waals surface area (Å²) in [5, 5.41) is 11.4. The second-order valence-corrected chi connectivity index (χ2v) is 5.29. The molecule has 2 aromatic rings. The van der Waals surface area contributed by atoms with E-state index in [9.17, 15) is 5.11 Å². The maximum atomic E-state index is 10.1. The number of aliphatic hydroxyl groups is 1. The summed E-state index contributed by atoms with van der Waals surface area (Å²) in [5.74, 6) is 0. The van der Waals surface area contributed by atoms with Crippen LogP contribution in [0.15, 0.2) is 24.3 Å². The Hall–Kier alpha value is -0.860. The fraction of sp³-hybridized carbons (Fsp3) is 0.385. The number of aryl methyl sites for hydroxylation is 1. The average molecular weight is 218 g/mol. The van der Waals surface area contributed by atoms with Crippen molar-refractivity contribution in [1.82, 2.24) is 0 Å². The molecular formula is C13H14OS. The molecule has 0 aliphatic heterocycles. The number of aliphatic hydroxyl groups excluding tert-OH is 1. The standard InChI is InChI=1S/C13H14OS/c14-11-7-3-1-6-10-9-5-2-4-8-12(9)15-13(10)11/h2,4-5,8,11,14H,1,3,6-7H2. The van der Waals surface area contributed by atoms with E-state index < -0.39 is 0 Å². The van der Waals surface area contributed by atoms with Crippen LogP contribution < -0.4 is 0 Å². The van der Waals surface area contributed by atoms with Crippen molar-refractivity contribution in [2.75, 3.05) is 0 Å². The number of hydrogen-bond acceptors (Lipinski definition) is 2. The quantitative estimate of drug-likeness (QED) is 0.669. The van der Waals surface area contributed by atoms with Gasteiger partial charge in [-0.3, -0.25) is 0 Å². The van der Waals surface area contributed by atoms with Gasteiger partial charge in [0, 0.05) is 9.58 Å². The van der Waals surface area contributed by atoms with E-state index in [2.05, 4.69) is 24.3 Å². The number of benzene rings is 1. The lowest BCUT2D eigenvalue weighted by Gasteiger charge is -2.05. The van der Waals surface area contributed by atoms with Gasteiger partial charge in [-0.1, -0.05) is 24.6 Å². The van der Waals surface area contributed by atoms with Crippen LogP contribution in [0, 0.1) is 0 Å². The summed E-state index contributed by atoms with van der Waals surface area (Å²) < 4.78 is 1.32. The molecule has 0 fully saturated rings. The fourth-order valence-corrected chi connectivity index (χ4v) is 3.69. The Morgan fingerprint density at radius 3 is 3.00 bits per heavy atom. The third-order valence-electron chi connectivity index (χ3n) is 3.19. The smallest absolute Gasteiger partial charge is 0.0885 e. The molecule has 15 heavy (non-hydrogen) atoms. The van der Waals surface area contributed by atoms with Gasteiger partial charge < -0.3 is 5.11 Å². The minimum Gasteiger partial charge on any atom is -0.388 e. The van der Waals surface area contributed by atoms with Crippen molar-refractivity contribution in [3.05, 3.63) is 34.7 Å². The SMILES string of the molecule is OC1CCCCc2c1sc1ccccc21. The van der Waals surface area contributed by atoms with Gasteiger partial charge in [0.1, 0.15) is 0 Å². The van der Waals surface area contributed by atoms with Gasteiger partial charge in [0.2, 0.25) is 0 Å². The summed E-state index contributed by atoms with van der Waals surface area (Å²) in [6.07, 6.45) is 4.21. The van der Waals surface area contributed by atoms with E-state index in [0.717, 1.165) is 19.3 Å². The van der Waals surface area contributed by atoms with Gasteiger partial charge in [-0.25, -0.2) is 0 Å². The van der Waals surface area contributed by atoms with Crippen LogP contribution in [0.4, 0.5) is 0 Å². The number of rotatable bonds is 0. The van der Waals surface area contributed by atoms with Crippen molar-refractivity contribution in [3.63, 3.8) is 0 Å². The third kappa shape index (κ3) is 1.48. The Balaban J connectivity index is 2.26. The zero-order chi connectivity index (χ0) is 10.3. The van der Waals surface area contributed by atoms with Crippen LogP contribution in [0.25, 0.3) is 10.1 Å². The molecule has 0 saturated heterocycles. The molecule has 1 aliphatic carbocycles. The van der Waals surface area contributed by atoms with Gasteiger partial charge in [-0.15, -0.1) is 11.3 Å². The Kier molecular flexibility index (Phi) is 2.26. The van der Waals surface area contributed by atoms with Crippen LogP contribution in [0.3, 0.4) is 0 Å². The van der Waals surface area contributed by atoms with E-state index in [1.807, 2.05) is 0 Å². The highest BCUT2D eigenvalue weighted by atomic mass is 32.1. The summed E-state index contributed by atoms with van der Waals surface area (Å²) in [5.41, 5.74) is 1.40. The summed E-state index contributed by atoms with van der Waals surface area (Å²) in [6.45, 7) is 0. The summed E-state index contributed by atoms with van der Waals surface area (Å²) in [7, 11) is 0. The molecule has 0 bridgehead atoms. The molecule has 0 spiro atoms. The van der Waals surface area contributed by atoms with Crippen LogP contribution in [0.2, 0.25) is 0 Å². The van der Waals surface area contributed by atoms with Gasteiger partial charge in [0.25, 0.3) is 0 Å². The molecule has 0 amide bonds. The van der Waals surface area contributed by atoms with Gasteiger partial charge in [0.15, 0.2) is 0 Å². The Morgan fingerprint density at radius 1 is 1.20 bits per heavy atom. The topological polar surface area (TPSA) is 20.2 Å². The van der Waals surface area contributed by atoms with Gasteiger partial charge in [-0.05, 0) is 36.3 Å². The van der Waals surface area contributed by atoms with Crippen molar-refractivity contribution in [2.24, 2.45) is 0 Å². The second kappa shape index (κ2) is 3.62. The predicted molar refractivity (Wildman–Crippen MR) is 64.3 cm³/mol. The molecule has 1 nitrogen and oxygen atoms in total. The van der Waals surface area contributed by atoms with E-state index in [4.69, 9.17) is 0 Å². The number of fused-ring (bicyclic) bond motifs is 3. The first-order valence-electron chi connectivity index (χ1n) is 5.54. The largest absolute Gasteiger partial charge is 0.388 e. The zero-order valence-electron chi connectivity index (χ0n) is 8.57. The molecule has 1 N–H and O–H groups in total. The van der Waals surface area contributed by atoms with E-state index in [1.165, 1.54) is 26.9 Å². The summed E-state index contributed by atoms with van der Waals surface area (Å²) >= 11 is 1.77. The van der Waals surface area contributed by atoms with Crippen LogP contribution in [0.5, 0.6) is 0 Å². The molecule has 1 unspecified atom stereocenters. The molecule has 2 heteroatoms. The Labute approximate surface area is 93.4 Å². The monoisotopic (exact) mass is 218 g/mol. The van der Waals surface area contributed by atoms with Crippen molar-refractivity contribution in [2.45, 2.75) is 31.8 Å². The first-order chi connectivity index (χ1) is 7.36. The van der Waals surface area contributed by atoms with E-state index in [-0.39, 0.29) is 6.10 Å². The second-order valence-electron chi connectivity index (χ2n) is 4.20. The van der Waals surface area contributed by atoms with Crippen molar-refractivity contribution >= 4 is 21.4 Å². The highest BCUT2D eigenvalue weighted by molar-refractivity contribution is 7.19. The molecule has 1 atom stereocenters. The van der Waals surface area contributed by atoms with Crippen LogP contribution in [0.1, 0.15) is 35.8 Å². The van der Waals surface area contributed by atoms with E-state index in [0.29, 0.717) is 0 Å². The first-order valence-corrected chi connectivity index (χ1v) is 6.36. The Bertz CT molecular complexity index is 486. The maximum absolute atomic E-state index is 10.1. The molecule has 1 aliphatic rings. The predicted octanol–water partition coefficient (Wildman–Crippen LogP) is 3.66. The van der Waals surface area contributed by atoms with Gasteiger partial charge >= 0.3 is 0 Å². The first kappa shape index (κ1) is 9.37. The minimum atomic E-state index is -0.222. The lowest BCUT2D eigenvalue weighted by molar-refractivity contribution is 0.170. The van der Waals surface area contributed by atoms with Gasteiger partial charge in [-0.2, -0.15) is 0 Å². The molecule has 0 saturated carbocycles. The zero-order valence-corrected chi connectivity index (χ0v) is 9.39. The van der Waals surface area contributed by atoms with E-state index >= 15 is 0 Å². The normalized spacial score (nSPS) is 21.3. The van der Waals surface area contributed by atoms with Gasteiger partial charge in [0.05, 0.1) is 6.10 Å². The molecular weight excluding hydrogens is 204 g/mol. The molecule has 78 valence electrons. The average Bonchev–Trinajstić information content (AvgIpc) is 2.54. The molecule has 3 rings (SSSR count). The molecule has 1 heterocycles. The van der Waals surface area contributed by atoms with Crippen LogP contribution >= 0.6 is 11.3 Å². The Morgan fingerprint density at radius 2 is 2.07 bits per heavy atom.